The molecule has 0 saturated heterocycles. The lowest BCUT2D eigenvalue weighted by molar-refractivity contribution is -0.143. The second kappa shape index (κ2) is 9.80. The Morgan fingerprint density at radius 1 is 1.18 bits per heavy atom. The maximum absolute atomic E-state index is 12.2. The van der Waals surface area contributed by atoms with Gasteiger partial charge in [-0.3, -0.25) is 0 Å². The van der Waals surface area contributed by atoms with E-state index in [4.69, 9.17) is 9.47 Å². The fraction of sp³-hybridized carbons (Fsp3) is 0.636. The third-order valence-electron chi connectivity index (χ3n) is 5.02. The van der Waals surface area contributed by atoms with Crippen molar-refractivity contribution in [1.29, 1.82) is 0 Å². The van der Waals surface area contributed by atoms with Crippen LogP contribution in [0.3, 0.4) is 0 Å². The van der Waals surface area contributed by atoms with Crippen molar-refractivity contribution in [2.75, 3.05) is 7.11 Å². The molecule has 1 aromatic rings. The van der Waals surface area contributed by atoms with Crippen molar-refractivity contribution in [3.8, 4) is 5.75 Å². The van der Waals surface area contributed by atoms with Gasteiger partial charge in [-0.25, -0.2) is 9.59 Å². The van der Waals surface area contributed by atoms with E-state index >= 15 is 0 Å². The van der Waals surface area contributed by atoms with Crippen molar-refractivity contribution >= 4 is 12.1 Å². The van der Waals surface area contributed by atoms with E-state index in [-0.39, 0.29) is 12.2 Å². The Morgan fingerprint density at radius 2 is 1.86 bits per heavy atom. The molecule has 0 bridgehead atoms. The first-order valence-electron chi connectivity index (χ1n) is 10.1. The number of phenols is 1. The summed E-state index contributed by atoms with van der Waals surface area (Å²) in [7, 11) is 1.30. The minimum atomic E-state index is -0.852. The molecular formula is C22H33NO5. The van der Waals surface area contributed by atoms with Gasteiger partial charge in [-0.2, -0.15) is 0 Å². The number of rotatable bonds is 6. The number of ether oxygens (including phenoxy) is 2. The van der Waals surface area contributed by atoms with Gasteiger partial charge in [0.25, 0.3) is 0 Å². The molecule has 2 N–H and O–H groups in total. The number of aromatic hydroxyl groups is 1. The molecule has 0 heterocycles. The van der Waals surface area contributed by atoms with Crippen LogP contribution >= 0.6 is 0 Å². The van der Waals surface area contributed by atoms with E-state index in [2.05, 4.69) is 5.32 Å². The molecule has 0 radical (unpaired) electrons. The number of nitrogens with one attached hydrogen (secondary N) is 1. The number of methoxy groups -OCH3 is 1. The van der Waals surface area contributed by atoms with Crippen molar-refractivity contribution in [3.63, 3.8) is 0 Å². The van der Waals surface area contributed by atoms with Crippen molar-refractivity contribution in [1.82, 2.24) is 5.32 Å². The summed E-state index contributed by atoms with van der Waals surface area (Å²) in [6.07, 6.45) is 6.63. The van der Waals surface area contributed by atoms with Crippen LogP contribution in [0.1, 0.15) is 64.0 Å². The lowest BCUT2D eigenvalue weighted by Crippen LogP contribution is -2.45. The summed E-state index contributed by atoms with van der Waals surface area (Å²) in [4.78, 5) is 24.4. The first-order valence-corrected chi connectivity index (χ1v) is 10.1. The van der Waals surface area contributed by atoms with Gasteiger partial charge in [0.05, 0.1) is 7.11 Å². The van der Waals surface area contributed by atoms with E-state index in [1.54, 1.807) is 32.9 Å². The number of hydrogen-bond donors (Lipinski definition) is 2. The fourth-order valence-corrected chi connectivity index (χ4v) is 3.71. The van der Waals surface area contributed by atoms with Crippen LogP contribution in [0.2, 0.25) is 0 Å². The summed E-state index contributed by atoms with van der Waals surface area (Å²) in [6, 6.07) is 4.35. The van der Waals surface area contributed by atoms with Gasteiger partial charge in [-0.1, -0.05) is 38.2 Å². The average Bonchev–Trinajstić information content (AvgIpc) is 2.62. The first-order chi connectivity index (χ1) is 13.2. The molecular weight excluding hydrogens is 358 g/mol. The molecule has 6 nitrogen and oxygen atoms in total. The summed E-state index contributed by atoms with van der Waals surface area (Å²) in [6.45, 7) is 5.30. The molecule has 6 heteroatoms. The molecule has 1 fully saturated rings. The molecule has 2 rings (SSSR count). The lowest BCUT2D eigenvalue weighted by atomic mass is 9.83. The number of alkyl carbamates (subject to hydrolysis) is 1. The Hall–Kier alpha value is -2.24. The molecule has 0 unspecified atom stereocenters. The average molecular weight is 392 g/mol. The van der Waals surface area contributed by atoms with Crippen LogP contribution in [-0.4, -0.2) is 35.9 Å². The zero-order valence-electron chi connectivity index (χ0n) is 17.4. The van der Waals surface area contributed by atoms with E-state index in [0.717, 1.165) is 17.5 Å². The minimum absolute atomic E-state index is 0.212. The summed E-state index contributed by atoms with van der Waals surface area (Å²) in [5.74, 6) is 0.275. The SMILES string of the molecule is COC(=O)[C@H](Cc1ccc(O)cc1CC1CCCCC1)NC(=O)OC(C)(C)C. The second-order valence-corrected chi connectivity index (χ2v) is 8.59. The number of phenolic OH excluding ortho intramolecular Hbond substituents is 1. The number of esters is 1. The van der Waals surface area contributed by atoms with Gasteiger partial charge in [0, 0.05) is 6.42 Å². The van der Waals surface area contributed by atoms with E-state index in [1.165, 1.54) is 39.2 Å². The van der Waals surface area contributed by atoms with Crippen LogP contribution in [0.4, 0.5) is 4.79 Å². The van der Waals surface area contributed by atoms with E-state index in [0.29, 0.717) is 5.92 Å². The topological polar surface area (TPSA) is 84.9 Å². The van der Waals surface area contributed by atoms with Gasteiger partial charge >= 0.3 is 12.1 Å². The Kier molecular flexibility index (Phi) is 7.72. The number of amides is 1. The highest BCUT2D eigenvalue weighted by Gasteiger charge is 2.26. The molecule has 1 saturated carbocycles. The Morgan fingerprint density at radius 3 is 2.46 bits per heavy atom. The van der Waals surface area contributed by atoms with Gasteiger partial charge < -0.3 is 19.9 Å². The smallest absolute Gasteiger partial charge is 0.408 e. The predicted octanol–water partition coefficient (Wildman–Crippen LogP) is 4.12. The van der Waals surface area contributed by atoms with Crippen LogP contribution < -0.4 is 5.32 Å². The van der Waals surface area contributed by atoms with Gasteiger partial charge in [0.2, 0.25) is 0 Å². The van der Waals surface area contributed by atoms with Gasteiger partial charge in [0.15, 0.2) is 0 Å². The predicted molar refractivity (Wildman–Crippen MR) is 107 cm³/mol. The van der Waals surface area contributed by atoms with Crippen molar-refractivity contribution in [2.24, 2.45) is 5.92 Å². The fourth-order valence-electron chi connectivity index (χ4n) is 3.71. The maximum atomic E-state index is 12.2. The van der Waals surface area contributed by atoms with Crippen molar-refractivity contribution in [2.45, 2.75) is 77.4 Å². The van der Waals surface area contributed by atoms with Crippen LogP contribution in [0.15, 0.2) is 18.2 Å². The minimum Gasteiger partial charge on any atom is -0.508 e. The van der Waals surface area contributed by atoms with Crippen LogP contribution in [0.25, 0.3) is 0 Å². The van der Waals surface area contributed by atoms with Crippen molar-refractivity contribution < 1.29 is 24.2 Å². The molecule has 1 aliphatic rings. The lowest BCUT2D eigenvalue weighted by Gasteiger charge is -2.25. The maximum Gasteiger partial charge on any atom is 0.408 e. The van der Waals surface area contributed by atoms with Gasteiger partial charge in [-0.15, -0.1) is 0 Å². The number of carbonyl (C=O) groups excluding carboxylic acids is 2. The van der Waals surface area contributed by atoms with Gasteiger partial charge in [-0.05, 0) is 56.4 Å². The highest BCUT2D eigenvalue weighted by atomic mass is 16.6. The highest BCUT2D eigenvalue weighted by molar-refractivity contribution is 5.81. The van der Waals surface area contributed by atoms with Crippen LogP contribution in [0.5, 0.6) is 5.75 Å². The monoisotopic (exact) mass is 391 g/mol. The zero-order valence-corrected chi connectivity index (χ0v) is 17.4. The number of benzene rings is 1. The summed E-state index contributed by atoms with van der Waals surface area (Å²) in [5.41, 5.74) is 1.29. The molecule has 1 aliphatic carbocycles. The third kappa shape index (κ3) is 7.06. The quantitative estimate of drug-likeness (QED) is 0.713. The van der Waals surface area contributed by atoms with Crippen molar-refractivity contribution in [3.05, 3.63) is 29.3 Å². The molecule has 1 amide bonds. The Bertz CT molecular complexity index is 674. The summed E-state index contributed by atoms with van der Waals surface area (Å²) < 4.78 is 10.1. The molecule has 28 heavy (non-hydrogen) atoms. The molecule has 1 atom stereocenters. The Labute approximate surface area is 167 Å². The third-order valence-corrected chi connectivity index (χ3v) is 5.02. The largest absolute Gasteiger partial charge is 0.508 e. The van der Waals surface area contributed by atoms with Gasteiger partial charge in [0.1, 0.15) is 17.4 Å². The zero-order chi connectivity index (χ0) is 20.7. The Balaban J connectivity index is 2.16. The van der Waals surface area contributed by atoms with E-state index in [1.807, 2.05) is 6.07 Å². The standard InChI is InChI=1S/C22H33NO5/c1-22(2,3)28-21(26)23-19(20(25)27-4)14-16-10-11-18(24)13-17(16)12-15-8-6-5-7-9-15/h10-11,13,15,19,24H,5-9,12,14H2,1-4H3,(H,23,26)/t19-/m0/s1. The molecule has 0 aliphatic heterocycles. The number of carbonyl (C=O) groups is 2. The summed E-state index contributed by atoms with van der Waals surface area (Å²) in [5, 5.41) is 12.6. The van der Waals surface area contributed by atoms with Crippen LogP contribution in [-0.2, 0) is 27.1 Å². The molecule has 0 aromatic heterocycles. The molecule has 1 aromatic carbocycles. The highest BCUT2D eigenvalue weighted by Crippen LogP contribution is 2.29. The number of hydrogen-bond acceptors (Lipinski definition) is 5. The van der Waals surface area contributed by atoms with Crippen LogP contribution in [0, 0.1) is 5.92 Å². The van der Waals surface area contributed by atoms with E-state index < -0.39 is 23.7 Å². The summed E-state index contributed by atoms with van der Waals surface area (Å²) >= 11 is 0. The normalized spacial score (nSPS) is 16.3. The molecule has 156 valence electrons. The first kappa shape index (κ1) is 22.1. The molecule has 0 spiro atoms. The van der Waals surface area contributed by atoms with E-state index in [9.17, 15) is 14.7 Å². The second-order valence-electron chi connectivity index (χ2n) is 8.59.